The molecule has 1 aliphatic heterocycles. The van der Waals surface area contributed by atoms with E-state index in [-0.39, 0.29) is 25.9 Å². The minimum atomic E-state index is -4.20. The standard InChI is InChI=1S/C16H21F3N2O3/c1-3-24-14-5-4-12(23-2)10-13(14)20-15(22)21-8-6-11(7-9-21)16(17,18)19/h4-5,10-11H,3,6-9H2,1-2H3,(H,20,22). The smallest absolute Gasteiger partial charge is 0.391 e. The molecule has 1 N–H and O–H groups in total. The van der Waals surface area contributed by atoms with Gasteiger partial charge in [0.05, 0.1) is 25.3 Å². The first-order chi connectivity index (χ1) is 11.3. The Morgan fingerprint density at radius 3 is 2.54 bits per heavy atom. The topological polar surface area (TPSA) is 50.8 Å². The molecule has 24 heavy (non-hydrogen) atoms. The van der Waals surface area contributed by atoms with Crippen LogP contribution >= 0.6 is 0 Å². The molecule has 5 nitrogen and oxygen atoms in total. The third-order valence-electron chi connectivity index (χ3n) is 3.97. The zero-order chi connectivity index (χ0) is 17.7. The van der Waals surface area contributed by atoms with Gasteiger partial charge in [0.15, 0.2) is 0 Å². The maximum atomic E-state index is 12.7. The number of nitrogens with one attached hydrogen (secondary N) is 1. The van der Waals surface area contributed by atoms with Gasteiger partial charge >= 0.3 is 12.2 Å². The van der Waals surface area contributed by atoms with Gasteiger partial charge in [0.1, 0.15) is 11.5 Å². The Morgan fingerprint density at radius 1 is 1.33 bits per heavy atom. The zero-order valence-corrected chi connectivity index (χ0v) is 13.7. The fraction of sp³-hybridized carbons (Fsp3) is 0.562. The van der Waals surface area contributed by atoms with Crippen LogP contribution in [0.5, 0.6) is 11.5 Å². The highest BCUT2D eigenvalue weighted by Gasteiger charge is 2.41. The Kier molecular flexibility index (Phi) is 5.80. The Balaban J connectivity index is 2.02. The highest BCUT2D eigenvalue weighted by molar-refractivity contribution is 5.91. The summed E-state index contributed by atoms with van der Waals surface area (Å²) in [6, 6.07) is 4.55. The number of hydrogen-bond acceptors (Lipinski definition) is 3. The monoisotopic (exact) mass is 346 g/mol. The second kappa shape index (κ2) is 7.63. The van der Waals surface area contributed by atoms with Crippen LogP contribution in [0.4, 0.5) is 23.7 Å². The van der Waals surface area contributed by atoms with Crippen LogP contribution in [0.3, 0.4) is 0 Å². The fourth-order valence-corrected chi connectivity index (χ4v) is 2.62. The van der Waals surface area contributed by atoms with Crippen LogP contribution < -0.4 is 14.8 Å². The van der Waals surface area contributed by atoms with Gasteiger partial charge in [-0.25, -0.2) is 4.79 Å². The van der Waals surface area contributed by atoms with Gasteiger partial charge in [-0.05, 0) is 31.9 Å². The molecule has 1 aromatic carbocycles. The summed E-state index contributed by atoms with van der Waals surface area (Å²) in [6.45, 7) is 2.39. The maximum absolute atomic E-state index is 12.7. The van der Waals surface area contributed by atoms with Crippen LogP contribution in [0.2, 0.25) is 0 Å². The number of amides is 2. The summed E-state index contributed by atoms with van der Waals surface area (Å²) in [5.41, 5.74) is 0.430. The van der Waals surface area contributed by atoms with Crippen LogP contribution in [0.15, 0.2) is 18.2 Å². The molecule has 0 unspecified atom stereocenters. The van der Waals surface area contributed by atoms with Crippen molar-refractivity contribution in [1.82, 2.24) is 4.90 Å². The van der Waals surface area contributed by atoms with Crippen molar-refractivity contribution in [2.45, 2.75) is 25.9 Å². The van der Waals surface area contributed by atoms with E-state index in [4.69, 9.17) is 9.47 Å². The van der Waals surface area contributed by atoms with E-state index in [0.29, 0.717) is 23.8 Å². The van der Waals surface area contributed by atoms with Gasteiger partial charge in [-0.1, -0.05) is 0 Å². The van der Waals surface area contributed by atoms with Crippen molar-refractivity contribution >= 4 is 11.7 Å². The number of rotatable bonds is 4. The van der Waals surface area contributed by atoms with Gasteiger partial charge in [0.25, 0.3) is 0 Å². The first-order valence-electron chi connectivity index (χ1n) is 7.78. The van der Waals surface area contributed by atoms with Crippen LogP contribution in [-0.4, -0.2) is 43.9 Å². The molecule has 0 saturated carbocycles. The quantitative estimate of drug-likeness (QED) is 0.900. The molecule has 1 fully saturated rings. The number of urea groups is 1. The molecule has 2 amide bonds. The number of alkyl halides is 3. The van der Waals surface area contributed by atoms with E-state index in [1.807, 2.05) is 6.92 Å². The molecular weight excluding hydrogens is 325 g/mol. The number of ether oxygens (including phenoxy) is 2. The van der Waals surface area contributed by atoms with Crippen LogP contribution in [-0.2, 0) is 0 Å². The van der Waals surface area contributed by atoms with Crippen molar-refractivity contribution in [3.63, 3.8) is 0 Å². The summed E-state index contributed by atoms with van der Waals surface area (Å²) in [5.74, 6) is -0.307. The Labute approximate surface area is 138 Å². The van der Waals surface area contributed by atoms with Gasteiger partial charge < -0.3 is 19.7 Å². The lowest BCUT2D eigenvalue weighted by Gasteiger charge is -2.33. The van der Waals surface area contributed by atoms with Gasteiger partial charge in [-0.2, -0.15) is 13.2 Å². The number of anilines is 1. The molecule has 8 heteroatoms. The molecule has 0 aromatic heterocycles. The van der Waals surface area contributed by atoms with E-state index < -0.39 is 18.1 Å². The third kappa shape index (κ3) is 4.46. The summed E-state index contributed by atoms with van der Waals surface area (Å²) >= 11 is 0. The SMILES string of the molecule is CCOc1ccc(OC)cc1NC(=O)N1CCC(C(F)(F)F)CC1. The normalized spacial score (nSPS) is 16.0. The number of likely N-dealkylation sites (tertiary alicyclic amines) is 1. The molecule has 134 valence electrons. The molecule has 0 atom stereocenters. The molecule has 0 bridgehead atoms. The Hall–Kier alpha value is -2.12. The van der Waals surface area contributed by atoms with Crippen molar-refractivity contribution < 1.29 is 27.4 Å². The molecule has 0 spiro atoms. The number of halogens is 3. The summed E-state index contributed by atoms with van der Waals surface area (Å²) in [4.78, 5) is 13.7. The Morgan fingerprint density at radius 2 is 2.00 bits per heavy atom. The largest absolute Gasteiger partial charge is 0.497 e. The third-order valence-corrected chi connectivity index (χ3v) is 3.97. The van der Waals surface area contributed by atoms with Crippen LogP contribution in [0.1, 0.15) is 19.8 Å². The Bertz CT molecular complexity index is 570. The first kappa shape index (κ1) is 18.2. The van der Waals surface area contributed by atoms with E-state index in [9.17, 15) is 18.0 Å². The van der Waals surface area contributed by atoms with E-state index in [1.165, 1.54) is 12.0 Å². The van der Waals surface area contributed by atoms with E-state index in [0.717, 1.165) is 0 Å². The average Bonchev–Trinajstić information content (AvgIpc) is 2.56. The fourth-order valence-electron chi connectivity index (χ4n) is 2.62. The number of methoxy groups -OCH3 is 1. The van der Waals surface area contributed by atoms with Gasteiger partial charge in [-0.15, -0.1) is 0 Å². The average molecular weight is 346 g/mol. The molecule has 1 saturated heterocycles. The lowest BCUT2D eigenvalue weighted by atomic mass is 9.96. The summed E-state index contributed by atoms with van der Waals surface area (Å²) in [6.07, 6.45) is -4.35. The first-order valence-corrected chi connectivity index (χ1v) is 7.78. The summed E-state index contributed by atoms with van der Waals surface area (Å²) in [7, 11) is 1.50. The summed E-state index contributed by atoms with van der Waals surface area (Å²) in [5, 5.41) is 2.69. The summed E-state index contributed by atoms with van der Waals surface area (Å²) < 4.78 is 48.6. The van der Waals surface area contributed by atoms with Gasteiger partial charge in [0, 0.05) is 19.2 Å². The van der Waals surface area contributed by atoms with Gasteiger partial charge in [-0.3, -0.25) is 0 Å². The lowest BCUT2D eigenvalue weighted by Crippen LogP contribution is -2.44. The predicted octanol–water partition coefficient (Wildman–Crippen LogP) is 3.90. The maximum Gasteiger partial charge on any atom is 0.391 e. The highest BCUT2D eigenvalue weighted by atomic mass is 19.4. The van der Waals surface area contributed by atoms with E-state index in [2.05, 4.69) is 5.32 Å². The van der Waals surface area contributed by atoms with Crippen molar-refractivity contribution in [1.29, 1.82) is 0 Å². The second-order valence-electron chi connectivity index (χ2n) is 5.53. The minimum absolute atomic E-state index is 0.0734. The predicted molar refractivity (Wildman–Crippen MR) is 83.5 cm³/mol. The van der Waals surface area contributed by atoms with Crippen LogP contribution in [0.25, 0.3) is 0 Å². The number of piperidine rings is 1. The number of carbonyl (C=O) groups is 1. The number of nitrogens with zero attached hydrogens (tertiary/aromatic N) is 1. The second-order valence-corrected chi connectivity index (χ2v) is 5.53. The molecule has 1 aromatic rings. The lowest BCUT2D eigenvalue weighted by molar-refractivity contribution is -0.183. The van der Waals surface area contributed by atoms with Crippen LogP contribution in [0, 0.1) is 5.92 Å². The van der Waals surface area contributed by atoms with Crippen molar-refractivity contribution in [3.05, 3.63) is 18.2 Å². The minimum Gasteiger partial charge on any atom is -0.497 e. The number of benzene rings is 1. The van der Waals surface area contributed by atoms with Crippen molar-refractivity contribution in [3.8, 4) is 11.5 Å². The number of hydrogen-bond donors (Lipinski definition) is 1. The van der Waals surface area contributed by atoms with Gasteiger partial charge in [0.2, 0.25) is 0 Å². The molecule has 1 heterocycles. The molecular formula is C16H21F3N2O3. The molecule has 0 radical (unpaired) electrons. The molecule has 0 aliphatic carbocycles. The van der Waals surface area contributed by atoms with E-state index in [1.54, 1.807) is 18.2 Å². The highest BCUT2D eigenvalue weighted by Crippen LogP contribution is 2.34. The van der Waals surface area contributed by atoms with Crippen molar-refractivity contribution in [2.75, 3.05) is 32.1 Å². The number of carbonyl (C=O) groups excluding carboxylic acids is 1. The molecule has 2 rings (SSSR count). The van der Waals surface area contributed by atoms with E-state index >= 15 is 0 Å². The molecule has 1 aliphatic rings. The van der Waals surface area contributed by atoms with Crippen molar-refractivity contribution in [2.24, 2.45) is 5.92 Å². The zero-order valence-electron chi connectivity index (χ0n) is 13.7.